The van der Waals surface area contributed by atoms with E-state index < -0.39 is 36.8 Å². The lowest BCUT2D eigenvalue weighted by Gasteiger charge is -2.44. The monoisotopic (exact) mass is 683 g/mol. The van der Waals surface area contributed by atoms with Gasteiger partial charge in [-0.3, -0.25) is 14.5 Å². The van der Waals surface area contributed by atoms with Crippen molar-refractivity contribution in [1.29, 1.82) is 0 Å². The van der Waals surface area contributed by atoms with Gasteiger partial charge in [-0.05, 0) is 68.3 Å². The van der Waals surface area contributed by atoms with E-state index in [-0.39, 0.29) is 67.9 Å². The predicted molar refractivity (Wildman–Crippen MR) is 170 cm³/mol. The van der Waals surface area contributed by atoms with Crippen LogP contribution in [0.25, 0.3) is 0 Å². The normalized spacial score (nSPS) is 21.2. The zero-order valence-electron chi connectivity index (χ0n) is 25.6. The average molecular weight is 684 g/mol. The molecule has 0 radical (unpaired) electrons. The summed E-state index contributed by atoms with van der Waals surface area (Å²) in [6.45, 7) is -0.0360. The molecule has 1 aromatic carbocycles. The minimum absolute atomic E-state index is 0.0779. The molecule has 2 aliphatic heterocycles. The van der Waals surface area contributed by atoms with Gasteiger partial charge in [0.05, 0.1) is 30.7 Å². The molecule has 2 N–H and O–H groups in total. The molecule has 3 heterocycles. The van der Waals surface area contributed by atoms with Crippen LogP contribution in [0.2, 0.25) is 5.02 Å². The Hall–Kier alpha value is -2.87. The molecular weight excluding hydrogens is 643 g/mol. The number of benzene rings is 1. The van der Waals surface area contributed by atoms with E-state index in [4.69, 9.17) is 16.3 Å². The number of carbonyl (C=O) groups is 3. The van der Waals surface area contributed by atoms with Crippen molar-refractivity contribution in [2.45, 2.75) is 75.8 Å². The maximum Gasteiger partial charge on any atom is 0.415 e. The van der Waals surface area contributed by atoms with Crippen molar-refractivity contribution >= 4 is 40.8 Å². The number of piperidine rings is 1. The standard InChI is InChI=1S/C32H41ClF3N5O4S/c33-25-10-4-5-11-27(25)45-31(44)40-16-17-41(26(20-40)29(42)37-19-24-9-6-18-46-24)30(43)28(38-23-7-2-1-3-8-23)22-12-14-39(15-13-22)21-32(34,35)36/h4-6,9-11,18,22-23,26,28,38H,1-3,7-8,12-17,19-21H2,(H,37,42)/t26-,28+/m0/s1. The lowest BCUT2D eigenvalue weighted by molar-refractivity contribution is -0.152. The van der Waals surface area contributed by atoms with E-state index in [2.05, 4.69) is 10.6 Å². The van der Waals surface area contributed by atoms with E-state index in [1.807, 2.05) is 17.5 Å². The summed E-state index contributed by atoms with van der Waals surface area (Å²) in [4.78, 5) is 46.7. The zero-order chi connectivity index (χ0) is 32.7. The highest BCUT2D eigenvalue weighted by Gasteiger charge is 2.43. The first kappa shape index (κ1) is 34.5. The molecule has 3 aliphatic rings. The van der Waals surface area contributed by atoms with Crippen molar-refractivity contribution in [1.82, 2.24) is 25.3 Å². The summed E-state index contributed by atoms with van der Waals surface area (Å²) in [6, 6.07) is 8.87. The van der Waals surface area contributed by atoms with E-state index in [0.29, 0.717) is 12.8 Å². The highest BCUT2D eigenvalue weighted by Crippen LogP contribution is 2.29. The van der Waals surface area contributed by atoms with Gasteiger partial charge in [0.1, 0.15) is 6.04 Å². The molecule has 14 heteroatoms. The molecule has 0 unspecified atom stereocenters. The number of carbonyl (C=O) groups excluding carboxylic acids is 3. The molecule has 2 atom stereocenters. The number of hydrogen-bond acceptors (Lipinski definition) is 7. The molecule has 2 aromatic rings. The Labute approximate surface area is 276 Å². The summed E-state index contributed by atoms with van der Waals surface area (Å²) >= 11 is 7.69. The van der Waals surface area contributed by atoms with Crippen molar-refractivity contribution in [3.05, 3.63) is 51.7 Å². The summed E-state index contributed by atoms with van der Waals surface area (Å²) < 4.78 is 44.8. The molecule has 1 aliphatic carbocycles. The molecule has 1 aromatic heterocycles. The van der Waals surface area contributed by atoms with Gasteiger partial charge in [0.15, 0.2) is 5.75 Å². The number of hydrogen-bond donors (Lipinski definition) is 2. The Morgan fingerprint density at radius 1 is 0.978 bits per heavy atom. The molecule has 3 fully saturated rings. The third kappa shape index (κ3) is 9.36. The number of rotatable bonds is 9. The van der Waals surface area contributed by atoms with Crippen LogP contribution in [-0.4, -0.2) is 96.2 Å². The molecule has 2 saturated heterocycles. The maximum absolute atomic E-state index is 14.5. The van der Waals surface area contributed by atoms with E-state index in [1.54, 1.807) is 29.2 Å². The number of nitrogens with one attached hydrogen (secondary N) is 2. The van der Waals surface area contributed by atoms with Gasteiger partial charge in [-0.25, -0.2) is 4.79 Å². The highest BCUT2D eigenvalue weighted by molar-refractivity contribution is 7.09. The van der Waals surface area contributed by atoms with Gasteiger partial charge in [-0.2, -0.15) is 13.2 Å². The lowest BCUT2D eigenvalue weighted by Crippen LogP contribution is -2.66. The Balaban J connectivity index is 1.34. The number of likely N-dealkylation sites (tertiary alicyclic amines) is 1. The van der Waals surface area contributed by atoms with Crippen LogP contribution in [0.3, 0.4) is 0 Å². The van der Waals surface area contributed by atoms with Crippen LogP contribution < -0.4 is 15.4 Å². The van der Waals surface area contributed by atoms with Crippen LogP contribution in [0, 0.1) is 5.92 Å². The second-order valence-corrected chi connectivity index (χ2v) is 13.7. The topological polar surface area (TPSA) is 94.2 Å². The minimum Gasteiger partial charge on any atom is -0.409 e. The first-order chi connectivity index (χ1) is 22.1. The SMILES string of the molecule is O=C(NCc1cccs1)[C@@H]1CN(C(=O)Oc2ccccc2Cl)CCN1C(=O)[C@H](NC1CCCCC1)C1CCN(CC(F)(F)F)CC1. The van der Waals surface area contributed by atoms with Gasteiger partial charge in [-0.15, -0.1) is 11.3 Å². The van der Waals surface area contributed by atoms with Gasteiger partial charge in [0.25, 0.3) is 0 Å². The average Bonchev–Trinajstić information content (AvgIpc) is 3.57. The molecule has 252 valence electrons. The van der Waals surface area contributed by atoms with E-state index >= 15 is 0 Å². The smallest absolute Gasteiger partial charge is 0.409 e. The number of para-hydroxylation sites is 1. The Kier molecular flexibility index (Phi) is 11.8. The molecule has 0 bridgehead atoms. The second-order valence-electron chi connectivity index (χ2n) is 12.3. The quantitative estimate of drug-likeness (QED) is 0.373. The van der Waals surface area contributed by atoms with E-state index in [1.165, 1.54) is 21.1 Å². The Bertz CT molecular complexity index is 1320. The van der Waals surface area contributed by atoms with Gasteiger partial charge in [-0.1, -0.05) is 49.1 Å². The summed E-state index contributed by atoms with van der Waals surface area (Å²) in [5.41, 5.74) is 0. The molecule has 5 rings (SSSR count). The second kappa shape index (κ2) is 15.8. The van der Waals surface area contributed by atoms with Crippen LogP contribution in [0.4, 0.5) is 18.0 Å². The van der Waals surface area contributed by atoms with E-state index in [9.17, 15) is 27.6 Å². The molecule has 46 heavy (non-hydrogen) atoms. The fraction of sp³-hybridized carbons (Fsp3) is 0.594. The number of piperazine rings is 1. The van der Waals surface area contributed by atoms with Crippen molar-refractivity contribution in [2.75, 3.05) is 39.3 Å². The Morgan fingerprint density at radius 3 is 2.39 bits per heavy atom. The molecule has 9 nitrogen and oxygen atoms in total. The van der Waals surface area contributed by atoms with Gasteiger partial charge >= 0.3 is 12.3 Å². The maximum atomic E-state index is 14.5. The van der Waals surface area contributed by atoms with Crippen molar-refractivity contribution in [3.63, 3.8) is 0 Å². The first-order valence-corrected chi connectivity index (χ1v) is 17.2. The number of halogens is 4. The number of thiophene rings is 1. The number of ether oxygens (including phenoxy) is 1. The fourth-order valence-corrected chi connectivity index (χ4v) is 7.46. The molecule has 3 amide bonds. The van der Waals surface area contributed by atoms with Crippen LogP contribution in [0.1, 0.15) is 49.8 Å². The fourth-order valence-electron chi connectivity index (χ4n) is 6.64. The van der Waals surface area contributed by atoms with Crippen molar-refractivity contribution in [2.24, 2.45) is 5.92 Å². The summed E-state index contributed by atoms with van der Waals surface area (Å²) in [6.07, 6.45) is 0.976. The zero-order valence-corrected chi connectivity index (χ0v) is 27.2. The Morgan fingerprint density at radius 2 is 1.72 bits per heavy atom. The third-order valence-electron chi connectivity index (χ3n) is 9.07. The molecule has 1 saturated carbocycles. The van der Waals surface area contributed by atoms with Crippen LogP contribution in [-0.2, 0) is 16.1 Å². The molecular formula is C32H41ClF3N5O4S. The highest BCUT2D eigenvalue weighted by atomic mass is 35.5. The summed E-state index contributed by atoms with van der Waals surface area (Å²) in [7, 11) is 0. The number of nitrogens with zero attached hydrogens (tertiary/aromatic N) is 3. The minimum atomic E-state index is -4.28. The van der Waals surface area contributed by atoms with Gasteiger partial charge in [0, 0.05) is 24.0 Å². The third-order valence-corrected chi connectivity index (χ3v) is 10.3. The van der Waals surface area contributed by atoms with E-state index in [0.717, 1.165) is 37.0 Å². The number of amides is 3. The van der Waals surface area contributed by atoms with Gasteiger partial charge in [0.2, 0.25) is 11.8 Å². The summed E-state index contributed by atoms with van der Waals surface area (Å²) in [5, 5.41) is 8.70. The predicted octanol–water partition coefficient (Wildman–Crippen LogP) is 5.29. The summed E-state index contributed by atoms with van der Waals surface area (Å²) in [5.74, 6) is -0.638. The van der Waals surface area contributed by atoms with Crippen molar-refractivity contribution < 1.29 is 32.3 Å². The molecule has 0 spiro atoms. The van der Waals surface area contributed by atoms with Crippen LogP contribution in [0.5, 0.6) is 5.75 Å². The van der Waals surface area contributed by atoms with Crippen molar-refractivity contribution in [3.8, 4) is 5.75 Å². The largest absolute Gasteiger partial charge is 0.415 e. The van der Waals surface area contributed by atoms with Crippen LogP contribution in [0.15, 0.2) is 41.8 Å². The lowest BCUT2D eigenvalue weighted by atomic mass is 9.86. The van der Waals surface area contributed by atoms with Gasteiger partial charge < -0.3 is 25.2 Å². The first-order valence-electron chi connectivity index (χ1n) is 15.9. The number of alkyl halides is 3. The van der Waals surface area contributed by atoms with Crippen LogP contribution >= 0.6 is 22.9 Å².